The number of rotatable bonds is 6. The summed E-state index contributed by atoms with van der Waals surface area (Å²) < 4.78 is 17.1. The van der Waals surface area contributed by atoms with Gasteiger partial charge >= 0.3 is 0 Å². The van der Waals surface area contributed by atoms with Crippen LogP contribution in [0.15, 0.2) is 30.6 Å². The molecule has 0 atom stereocenters. The van der Waals surface area contributed by atoms with E-state index in [1.54, 1.807) is 41.2 Å². The Kier molecular flexibility index (Phi) is 6.27. The average molecular weight is 459 g/mol. The van der Waals surface area contributed by atoms with Crippen LogP contribution in [0.5, 0.6) is 0 Å². The number of hydrogen-bond donors (Lipinski definition) is 1. The number of carbonyl (C=O) groups excluding carboxylic acids is 2. The molecular formula is C22H24ClFN6O2. The van der Waals surface area contributed by atoms with Gasteiger partial charge in [-0.05, 0) is 31.1 Å². The van der Waals surface area contributed by atoms with Crippen LogP contribution in [-0.2, 0) is 11.3 Å². The number of H-pyrrole nitrogens is 1. The number of aryl methyl sites for hydroxylation is 1. The number of amides is 2. The first-order valence-electron chi connectivity index (χ1n) is 10.5. The molecule has 0 spiro atoms. The molecule has 1 N–H and O–H groups in total. The number of nitrogens with zero attached hydrogens (tertiary/aromatic N) is 5. The summed E-state index contributed by atoms with van der Waals surface area (Å²) in [7, 11) is 1.68. The van der Waals surface area contributed by atoms with Crippen molar-refractivity contribution in [2.45, 2.75) is 26.3 Å². The molecule has 3 aromatic rings. The Morgan fingerprint density at radius 3 is 2.88 bits per heavy atom. The molecule has 0 saturated heterocycles. The van der Waals surface area contributed by atoms with E-state index in [-0.39, 0.29) is 29.4 Å². The van der Waals surface area contributed by atoms with Crippen molar-refractivity contribution < 1.29 is 14.0 Å². The SMILES string of the molecule is CCN(C)C(=O)c1cc2c(Cl)cc(C3=CCCN(C(=O)CCn4ccnn4)C3)c(F)c2[nH]1. The van der Waals surface area contributed by atoms with E-state index >= 15 is 4.39 Å². The maximum atomic E-state index is 15.5. The zero-order valence-electron chi connectivity index (χ0n) is 17.9. The van der Waals surface area contributed by atoms with Crippen molar-refractivity contribution >= 4 is 39.9 Å². The van der Waals surface area contributed by atoms with Crippen LogP contribution in [0.3, 0.4) is 0 Å². The molecule has 2 aromatic heterocycles. The molecule has 2 amide bonds. The largest absolute Gasteiger partial charge is 0.348 e. The Bertz CT molecular complexity index is 1190. The van der Waals surface area contributed by atoms with Crippen LogP contribution >= 0.6 is 11.6 Å². The molecule has 1 aliphatic heterocycles. The Hall–Kier alpha value is -3.20. The summed E-state index contributed by atoms with van der Waals surface area (Å²) in [5, 5.41) is 8.40. The Morgan fingerprint density at radius 2 is 2.16 bits per heavy atom. The zero-order chi connectivity index (χ0) is 22.8. The predicted octanol–water partition coefficient (Wildman–Crippen LogP) is 3.35. The van der Waals surface area contributed by atoms with Crippen LogP contribution in [0.25, 0.3) is 16.5 Å². The quantitative estimate of drug-likeness (QED) is 0.613. The highest BCUT2D eigenvalue weighted by molar-refractivity contribution is 6.36. The van der Waals surface area contributed by atoms with E-state index in [2.05, 4.69) is 15.3 Å². The van der Waals surface area contributed by atoms with E-state index in [0.717, 1.165) is 0 Å². The van der Waals surface area contributed by atoms with Gasteiger partial charge in [0.1, 0.15) is 5.69 Å². The molecule has 32 heavy (non-hydrogen) atoms. The van der Waals surface area contributed by atoms with Crippen LogP contribution in [0.1, 0.15) is 35.8 Å². The molecular weight excluding hydrogens is 435 g/mol. The lowest BCUT2D eigenvalue weighted by atomic mass is 9.99. The minimum Gasteiger partial charge on any atom is -0.348 e. The van der Waals surface area contributed by atoms with Crippen molar-refractivity contribution in [1.82, 2.24) is 29.8 Å². The van der Waals surface area contributed by atoms with Crippen LogP contribution in [0, 0.1) is 5.82 Å². The Morgan fingerprint density at radius 1 is 1.34 bits per heavy atom. The van der Waals surface area contributed by atoms with Crippen LogP contribution < -0.4 is 0 Å². The molecule has 0 unspecified atom stereocenters. The van der Waals surface area contributed by atoms with E-state index in [1.807, 2.05) is 13.0 Å². The van der Waals surface area contributed by atoms with Crippen LogP contribution in [0.2, 0.25) is 5.02 Å². The van der Waals surface area contributed by atoms with Gasteiger partial charge in [-0.25, -0.2) is 4.39 Å². The summed E-state index contributed by atoms with van der Waals surface area (Å²) in [6.45, 7) is 3.69. The molecule has 0 fully saturated rings. The molecule has 10 heteroatoms. The highest BCUT2D eigenvalue weighted by Crippen LogP contribution is 2.34. The van der Waals surface area contributed by atoms with Gasteiger partial charge in [-0.15, -0.1) is 5.10 Å². The van der Waals surface area contributed by atoms with Gasteiger partial charge in [0.05, 0.1) is 23.3 Å². The van der Waals surface area contributed by atoms with Crippen LogP contribution in [-0.4, -0.2) is 68.3 Å². The van der Waals surface area contributed by atoms with Gasteiger partial charge in [0.2, 0.25) is 5.91 Å². The number of halogens is 2. The van der Waals surface area contributed by atoms with Crippen molar-refractivity contribution in [3.05, 3.63) is 52.7 Å². The first kappa shape index (κ1) is 22.0. The fourth-order valence-electron chi connectivity index (χ4n) is 3.79. The topological polar surface area (TPSA) is 87.1 Å². The summed E-state index contributed by atoms with van der Waals surface area (Å²) in [4.78, 5) is 31.3. The molecule has 0 radical (unpaired) electrons. The summed E-state index contributed by atoms with van der Waals surface area (Å²) in [5.41, 5.74) is 1.50. The lowest BCUT2D eigenvalue weighted by Crippen LogP contribution is -2.36. The fraction of sp³-hybridized carbons (Fsp3) is 0.364. The molecule has 168 valence electrons. The number of hydrogen-bond acceptors (Lipinski definition) is 4. The van der Waals surface area contributed by atoms with E-state index in [0.29, 0.717) is 54.1 Å². The van der Waals surface area contributed by atoms with Crippen molar-refractivity contribution in [1.29, 1.82) is 0 Å². The number of aromatic amines is 1. The molecule has 3 heterocycles. The second-order valence-electron chi connectivity index (χ2n) is 7.76. The van der Waals surface area contributed by atoms with Gasteiger partial charge in [0.25, 0.3) is 5.91 Å². The first-order chi connectivity index (χ1) is 15.4. The maximum Gasteiger partial charge on any atom is 0.270 e. The van der Waals surface area contributed by atoms with Crippen LogP contribution in [0.4, 0.5) is 4.39 Å². The highest BCUT2D eigenvalue weighted by Gasteiger charge is 2.24. The fourth-order valence-corrected chi connectivity index (χ4v) is 4.05. The first-order valence-corrected chi connectivity index (χ1v) is 10.8. The zero-order valence-corrected chi connectivity index (χ0v) is 18.7. The maximum absolute atomic E-state index is 15.5. The molecule has 8 nitrogen and oxygen atoms in total. The van der Waals surface area contributed by atoms with Crippen molar-refractivity contribution in [2.24, 2.45) is 0 Å². The third-order valence-electron chi connectivity index (χ3n) is 5.73. The monoisotopic (exact) mass is 458 g/mol. The molecule has 0 aliphatic carbocycles. The van der Waals surface area contributed by atoms with E-state index in [4.69, 9.17) is 11.6 Å². The summed E-state index contributed by atoms with van der Waals surface area (Å²) in [6.07, 6.45) is 6.10. The average Bonchev–Trinajstić information content (AvgIpc) is 3.49. The molecule has 1 aliphatic rings. The highest BCUT2D eigenvalue weighted by atomic mass is 35.5. The van der Waals surface area contributed by atoms with E-state index < -0.39 is 5.82 Å². The molecule has 4 rings (SSSR count). The number of aromatic nitrogens is 4. The molecule has 0 saturated carbocycles. The van der Waals surface area contributed by atoms with E-state index in [9.17, 15) is 9.59 Å². The summed E-state index contributed by atoms with van der Waals surface area (Å²) in [6, 6.07) is 3.15. The number of nitrogens with one attached hydrogen (secondary N) is 1. The second-order valence-corrected chi connectivity index (χ2v) is 8.17. The molecule has 0 bridgehead atoms. The van der Waals surface area contributed by atoms with Gasteiger partial charge in [-0.1, -0.05) is 22.9 Å². The van der Waals surface area contributed by atoms with Crippen molar-refractivity contribution in [3.8, 4) is 0 Å². The lowest BCUT2D eigenvalue weighted by molar-refractivity contribution is -0.131. The number of benzene rings is 1. The third kappa shape index (κ3) is 4.25. The summed E-state index contributed by atoms with van der Waals surface area (Å²) in [5.74, 6) is -0.749. The van der Waals surface area contributed by atoms with Crippen molar-refractivity contribution in [3.63, 3.8) is 0 Å². The minimum atomic E-state index is -0.481. The van der Waals surface area contributed by atoms with E-state index in [1.165, 1.54) is 4.90 Å². The van der Waals surface area contributed by atoms with Crippen molar-refractivity contribution in [2.75, 3.05) is 26.7 Å². The molecule has 1 aromatic carbocycles. The number of fused-ring (bicyclic) bond motifs is 1. The standard InChI is InChI=1S/C22H24ClFN6O2/c1-3-28(2)22(32)18-12-16-17(23)11-15(20(24)21(16)26-18)14-5-4-8-29(13-14)19(31)6-9-30-10-7-25-27-30/h5,7,10-12,26H,3-4,6,8-9,13H2,1-2H3. The predicted molar refractivity (Wildman–Crippen MR) is 120 cm³/mol. The van der Waals surface area contributed by atoms with Gasteiger partial charge in [-0.2, -0.15) is 0 Å². The second kappa shape index (κ2) is 9.12. The third-order valence-corrected chi connectivity index (χ3v) is 6.04. The normalized spacial score (nSPS) is 14.0. The van der Waals surface area contributed by atoms with Gasteiger partial charge in [-0.3, -0.25) is 14.3 Å². The number of carbonyl (C=O) groups is 2. The Labute approximate surface area is 189 Å². The summed E-state index contributed by atoms with van der Waals surface area (Å²) >= 11 is 6.46. The van der Waals surface area contributed by atoms with Gasteiger partial charge in [0.15, 0.2) is 5.82 Å². The van der Waals surface area contributed by atoms with Gasteiger partial charge < -0.3 is 14.8 Å². The minimum absolute atomic E-state index is 0.0333. The van der Waals surface area contributed by atoms with Gasteiger partial charge in [0, 0.05) is 50.2 Å². The smallest absolute Gasteiger partial charge is 0.270 e. The Balaban J connectivity index is 1.57. The lowest BCUT2D eigenvalue weighted by Gasteiger charge is -2.28.